The van der Waals surface area contributed by atoms with Gasteiger partial charge in [0.25, 0.3) is 0 Å². The monoisotopic (exact) mass is 178 g/mol. The molecule has 0 saturated heterocycles. The van der Waals surface area contributed by atoms with Crippen LogP contribution in [0.25, 0.3) is 0 Å². The Morgan fingerprint density at radius 1 is 1.54 bits per heavy atom. The summed E-state index contributed by atoms with van der Waals surface area (Å²) in [6.07, 6.45) is 8.69. The van der Waals surface area contributed by atoms with Gasteiger partial charge in [-0.05, 0) is 32.4 Å². The molecule has 0 fully saturated rings. The summed E-state index contributed by atoms with van der Waals surface area (Å²) in [6.45, 7) is 7.10. The summed E-state index contributed by atoms with van der Waals surface area (Å²) < 4.78 is 0. The summed E-state index contributed by atoms with van der Waals surface area (Å²) in [7, 11) is 1.74. The first kappa shape index (κ1) is 11.9. The van der Waals surface area contributed by atoms with Crippen LogP contribution >= 0.6 is 0 Å². The maximum absolute atomic E-state index is 5.18. The average Bonchev–Trinajstić information content (AvgIpc) is 2.00. The third-order valence-corrected chi connectivity index (χ3v) is 1.39. The second-order valence-electron chi connectivity index (χ2n) is 3.88. The highest BCUT2D eigenvalue weighted by atomic mass is 14.9. The summed E-state index contributed by atoms with van der Waals surface area (Å²) in [5.74, 6) is 2.50. The van der Waals surface area contributed by atoms with E-state index in [2.05, 4.69) is 37.0 Å². The minimum atomic E-state index is 0.106. The summed E-state index contributed by atoms with van der Waals surface area (Å²) in [4.78, 5) is 3.93. The molecule has 0 radical (unpaired) electrons. The highest BCUT2D eigenvalue weighted by molar-refractivity contribution is 5.79. The van der Waals surface area contributed by atoms with Crippen LogP contribution < -0.4 is 5.32 Å². The molecule has 0 aromatic heterocycles. The van der Waals surface area contributed by atoms with E-state index >= 15 is 0 Å². The zero-order chi connectivity index (χ0) is 10.3. The van der Waals surface area contributed by atoms with Crippen molar-refractivity contribution in [1.29, 1.82) is 0 Å². The lowest BCUT2D eigenvalue weighted by Gasteiger charge is -2.20. The number of aliphatic imine (C=N–C) groups is 1. The molecule has 0 bridgehead atoms. The van der Waals surface area contributed by atoms with Crippen molar-refractivity contribution >= 4 is 6.21 Å². The highest BCUT2D eigenvalue weighted by Gasteiger charge is 2.08. The van der Waals surface area contributed by atoms with Crippen LogP contribution in [0.1, 0.15) is 20.8 Å². The van der Waals surface area contributed by atoms with Crippen LogP contribution in [0.2, 0.25) is 0 Å². The van der Waals surface area contributed by atoms with Crippen molar-refractivity contribution in [3.05, 3.63) is 11.6 Å². The molecule has 0 spiro atoms. The van der Waals surface area contributed by atoms with E-state index < -0.39 is 0 Å². The summed E-state index contributed by atoms with van der Waals surface area (Å²) >= 11 is 0. The second-order valence-corrected chi connectivity index (χ2v) is 3.88. The quantitative estimate of drug-likeness (QED) is 0.515. The predicted molar refractivity (Wildman–Crippen MR) is 59.1 cm³/mol. The Labute approximate surface area is 81.1 Å². The molecular formula is C11H18N2. The van der Waals surface area contributed by atoms with E-state index in [0.29, 0.717) is 0 Å². The third-order valence-electron chi connectivity index (χ3n) is 1.39. The van der Waals surface area contributed by atoms with Gasteiger partial charge in [-0.3, -0.25) is 4.99 Å². The van der Waals surface area contributed by atoms with E-state index in [1.807, 2.05) is 0 Å². The fourth-order valence-corrected chi connectivity index (χ4v) is 0.774. The maximum Gasteiger partial charge on any atom is 0.0277 e. The molecule has 0 heterocycles. The van der Waals surface area contributed by atoms with Crippen molar-refractivity contribution < 1.29 is 0 Å². The van der Waals surface area contributed by atoms with Crippen molar-refractivity contribution in [3.8, 4) is 12.3 Å². The zero-order valence-corrected chi connectivity index (χ0v) is 8.89. The molecule has 0 unspecified atom stereocenters. The molecule has 0 atom stereocenters. The smallest absolute Gasteiger partial charge is 0.0277 e. The van der Waals surface area contributed by atoms with E-state index in [1.54, 1.807) is 19.3 Å². The average molecular weight is 178 g/mol. The number of nitrogens with zero attached hydrogens (tertiary/aromatic N) is 1. The van der Waals surface area contributed by atoms with Gasteiger partial charge in [-0.2, -0.15) is 0 Å². The van der Waals surface area contributed by atoms with Gasteiger partial charge in [0.1, 0.15) is 0 Å². The molecule has 0 amide bonds. The van der Waals surface area contributed by atoms with Gasteiger partial charge >= 0.3 is 0 Å². The minimum Gasteiger partial charge on any atom is -0.308 e. The third kappa shape index (κ3) is 7.30. The number of hydrogen-bond acceptors (Lipinski definition) is 2. The number of hydrogen-bond donors (Lipinski definition) is 1. The molecule has 0 saturated carbocycles. The van der Waals surface area contributed by atoms with Gasteiger partial charge in [-0.15, -0.1) is 6.42 Å². The molecule has 0 aromatic rings. The lowest BCUT2D eigenvalue weighted by molar-refractivity contribution is 0.447. The number of rotatable bonds is 3. The van der Waals surface area contributed by atoms with Gasteiger partial charge in [-0.25, -0.2) is 0 Å². The van der Waals surface area contributed by atoms with Gasteiger partial charge in [-0.1, -0.05) is 5.92 Å². The standard InChI is InChI=1S/C11H18N2/c1-6-7-10(8-12-5)9-13-11(2,3)4/h1,7-8,13H,9H2,2-5H3/b10-7+,12-8-. The molecule has 0 rings (SSSR count). The van der Waals surface area contributed by atoms with E-state index in [0.717, 1.165) is 12.1 Å². The van der Waals surface area contributed by atoms with Gasteiger partial charge in [0.15, 0.2) is 0 Å². The van der Waals surface area contributed by atoms with Crippen LogP contribution in [0, 0.1) is 12.3 Å². The molecule has 0 aromatic carbocycles. The molecule has 0 aliphatic heterocycles. The predicted octanol–water partition coefficient (Wildman–Crippen LogP) is 1.63. The molecule has 2 heteroatoms. The van der Waals surface area contributed by atoms with Crippen LogP contribution in [0.4, 0.5) is 0 Å². The van der Waals surface area contributed by atoms with E-state index in [1.165, 1.54) is 0 Å². The van der Waals surface area contributed by atoms with Crippen molar-refractivity contribution in [2.75, 3.05) is 13.6 Å². The summed E-state index contributed by atoms with van der Waals surface area (Å²) in [5.41, 5.74) is 1.13. The van der Waals surface area contributed by atoms with E-state index in [4.69, 9.17) is 6.42 Å². The normalized spacial score (nSPS) is 13.3. The first-order valence-corrected chi connectivity index (χ1v) is 4.32. The van der Waals surface area contributed by atoms with Gasteiger partial charge in [0.2, 0.25) is 0 Å². The first-order valence-electron chi connectivity index (χ1n) is 4.32. The Bertz CT molecular complexity index is 236. The SMILES string of the molecule is C#C/C=C(\C=N/C)CNC(C)(C)C. The van der Waals surface area contributed by atoms with Crippen molar-refractivity contribution in [2.24, 2.45) is 4.99 Å². The Hall–Kier alpha value is -1.07. The summed E-state index contributed by atoms with van der Waals surface area (Å²) in [5, 5.41) is 3.34. The van der Waals surface area contributed by atoms with Gasteiger partial charge < -0.3 is 5.32 Å². The minimum absolute atomic E-state index is 0.106. The number of nitrogens with one attached hydrogen (secondary N) is 1. The van der Waals surface area contributed by atoms with Crippen molar-refractivity contribution in [2.45, 2.75) is 26.3 Å². The van der Waals surface area contributed by atoms with Crippen LogP contribution in [0.15, 0.2) is 16.6 Å². The Kier molecular flexibility index (Phi) is 5.10. The Balaban J connectivity index is 4.16. The molecule has 2 nitrogen and oxygen atoms in total. The van der Waals surface area contributed by atoms with Gasteiger partial charge in [0, 0.05) is 25.3 Å². The number of terminal acetylenes is 1. The summed E-state index contributed by atoms with van der Waals surface area (Å²) in [6, 6.07) is 0. The van der Waals surface area contributed by atoms with Crippen LogP contribution in [0.3, 0.4) is 0 Å². The molecule has 72 valence electrons. The van der Waals surface area contributed by atoms with Crippen LogP contribution in [-0.4, -0.2) is 25.3 Å². The molecule has 0 aliphatic carbocycles. The molecule has 1 N–H and O–H groups in total. The topological polar surface area (TPSA) is 24.4 Å². The fraction of sp³-hybridized carbons (Fsp3) is 0.545. The molecule has 0 aliphatic rings. The Morgan fingerprint density at radius 2 is 2.15 bits per heavy atom. The van der Waals surface area contributed by atoms with E-state index in [-0.39, 0.29) is 5.54 Å². The molecular weight excluding hydrogens is 160 g/mol. The lowest BCUT2D eigenvalue weighted by Crippen LogP contribution is -2.37. The lowest BCUT2D eigenvalue weighted by atomic mass is 10.1. The highest BCUT2D eigenvalue weighted by Crippen LogP contribution is 1.99. The fourth-order valence-electron chi connectivity index (χ4n) is 0.774. The van der Waals surface area contributed by atoms with Gasteiger partial charge in [0.05, 0.1) is 0 Å². The van der Waals surface area contributed by atoms with Crippen LogP contribution in [-0.2, 0) is 0 Å². The largest absolute Gasteiger partial charge is 0.308 e. The van der Waals surface area contributed by atoms with Crippen molar-refractivity contribution in [3.63, 3.8) is 0 Å². The Morgan fingerprint density at radius 3 is 2.54 bits per heavy atom. The van der Waals surface area contributed by atoms with Crippen LogP contribution in [0.5, 0.6) is 0 Å². The van der Waals surface area contributed by atoms with E-state index in [9.17, 15) is 0 Å². The molecule has 13 heavy (non-hydrogen) atoms. The zero-order valence-electron chi connectivity index (χ0n) is 8.89. The van der Waals surface area contributed by atoms with Crippen molar-refractivity contribution in [1.82, 2.24) is 5.32 Å². The maximum atomic E-state index is 5.18. The second kappa shape index (κ2) is 5.55. The number of allylic oxidation sites excluding steroid dienone is 1. The first-order chi connectivity index (χ1) is 5.99.